The Morgan fingerprint density at radius 3 is 2.48 bits per heavy atom. The highest BCUT2D eigenvalue weighted by atomic mass is 79.9. The molecule has 0 bridgehead atoms. The number of rotatable bonds is 3. The Bertz CT molecular complexity index is 829. The fourth-order valence-corrected chi connectivity index (χ4v) is 3.37. The van der Waals surface area contributed by atoms with Gasteiger partial charge in [-0.3, -0.25) is 0 Å². The van der Waals surface area contributed by atoms with E-state index in [0.717, 1.165) is 9.98 Å². The maximum absolute atomic E-state index is 13.0. The second-order valence-electron chi connectivity index (χ2n) is 4.50. The zero-order valence-corrected chi connectivity index (χ0v) is 14.3. The van der Waals surface area contributed by atoms with Crippen LogP contribution in [-0.2, 0) is 12.7 Å². The maximum atomic E-state index is 13.0. The summed E-state index contributed by atoms with van der Waals surface area (Å²) in [5.74, 6) is 0.559. The molecule has 0 unspecified atom stereocenters. The lowest BCUT2D eigenvalue weighted by Crippen LogP contribution is -2.06. The van der Waals surface area contributed by atoms with Crippen LogP contribution in [0.25, 0.3) is 10.7 Å². The van der Waals surface area contributed by atoms with Crippen molar-refractivity contribution < 1.29 is 13.2 Å². The molecule has 3 heterocycles. The van der Waals surface area contributed by atoms with E-state index in [1.807, 2.05) is 0 Å². The largest absolute Gasteiger partial charge is 0.434 e. The van der Waals surface area contributed by atoms with Gasteiger partial charge in [-0.05, 0) is 28.1 Å². The van der Waals surface area contributed by atoms with Crippen molar-refractivity contribution in [1.29, 1.82) is 0 Å². The normalized spacial score (nSPS) is 11.9. The molecule has 0 saturated heterocycles. The Labute approximate surface area is 146 Å². The van der Waals surface area contributed by atoms with Gasteiger partial charge in [-0.2, -0.15) is 13.2 Å². The number of halogens is 5. The predicted molar refractivity (Wildman–Crippen MR) is 84.4 cm³/mol. The summed E-state index contributed by atoms with van der Waals surface area (Å²) in [7, 11) is 0. The molecular formula is C13H7BrClF3N4S. The number of thiophene rings is 1. The summed E-state index contributed by atoms with van der Waals surface area (Å²) < 4.78 is 41.1. The van der Waals surface area contributed by atoms with Crippen molar-refractivity contribution in [2.75, 3.05) is 0 Å². The van der Waals surface area contributed by atoms with Gasteiger partial charge in [-0.15, -0.1) is 11.3 Å². The first-order chi connectivity index (χ1) is 10.8. The minimum atomic E-state index is -4.52. The van der Waals surface area contributed by atoms with E-state index in [1.54, 1.807) is 12.1 Å². The van der Waals surface area contributed by atoms with Crippen LogP contribution >= 0.6 is 38.9 Å². The summed E-state index contributed by atoms with van der Waals surface area (Å²) in [4.78, 5) is 12.3. The van der Waals surface area contributed by atoms with E-state index in [0.29, 0.717) is 15.7 Å². The predicted octanol–water partition coefficient (Wildman–Crippen LogP) is 4.88. The highest BCUT2D eigenvalue weighted by molar-refractivity contribution is 9.11. The van der Waals surface area contributed by atoms with Gasteiger partial charge in [0.1, 0.15) is 5.82 Å². The summed E-state index contributed by atoms with van der Waals surface area (Å²) >= 11 is 10.3. The lowest BCUT2D eigenvalue weighted by Gasteiger charge is -2.05. The summed E-state index contributed by atoms with van der Waals surface area (Å²) in [5.41, 5.74) is -0.953. The van der Waals surface area contributed by atoms with Crippen LogP contribution in [0.5, 0.6) is 0 Å². The summed E-state index contributed by atoms with van der Waals surface area (Å²) in [5, 5.41) is 0.359. The van der Waals surface area contributed by atoms with Crippen molar-refractivity contribution in [2.24, 2.45) is 0 Å². The molecule has 0 amide bonds. The van der Waals surface area contributed by atoms with Gasteiger partial charge in [-0.1, -0.05) is 11.6 Å². The van der Waals surface area contributed by atoms with E-state index >= 15 is 0 Å². The van der Waals surface area contributed by atoms with E-state index in [-0.39, 0.29) is 12.4 Å². The van der Waals surface area contributed by atoms with E-state index < -0.39 is 11.9 Å². The molecule has 10 heteroatoms. The number of imidazole rings is 1. The lowest BCUT2D eigenvalue weighted by atomic mass is 10.4. The first-order valence-electron chi connectivity index (χ1n) is 6.19. The first kappa shape index (κ1) is 16.4. The number of hydrogen-bond acceptors (Lipinski definition) is 4. The van der Waals surface area contributed by atoms with E-state index in [1.165, 1.54) is 28.3 Å². The molecule has 3 aromatic heterocycles. The van der Waals surface area contributed by atoms with Gasteiger partial charge in [0, 0.05) is 18.6 Å². The number of hydrogen-bond donors (Lipinski definition) is 0. The minimum absolute atomic E-state index is 0.0606. The van der Waals surface area contributed by atoms with Crippen molar-refractivity contribution in [1.82, 2.24) is 19.5 Å². The number of aromatic nitrogens is 4. The third-order valence-corrected chi connectivity index (χ3v) is 4.66. The third-order valence-electron chi connectivity index (χ3n) is 2.85. The van der Waals surface area contributed by atoms with Gasteiger partial charge in [0.15, 0.2) is 11.5 Å². The van der Waals surface area contributed by atoms with Gasteiger partial charge in [0.25, 0.3) is 0 Å². The second kappa shape index (κ2) is 6.21. The van der Waals surface area contributed by atoms with Crippen LogP contribution in [0.1, 0.15) is 11.5 Å². The number of nitrogens with zero attached hydrogens (tertiary/aromatic N) is 4. The number of alkyl halides is 3. The molecule has 0 fully saturated rings. The molecule has 23 heavy (non-hydrogen) atoms. The molecule has 4 nitrogen and oxygen atoms in total. The quantitative estimate of drug-likeness (QED) is 0.603. The van der Waals surface area contributed by atoms with E-state index in [4.69, 9.17) is 11.6 Å². The molecule has 0 aliphatic heterocycles. The first-order valence-corrected chi connectivity index (χ1v) is 8.18. The Morgan fingerprint density at radius 1 is 1.22 bits per heavy atom. The Kier molecular flexibility index (Phi) is 4.43. The van der Waals surface area contributed by atoms with Crippen LogP contribution < -0.4 is 0 Å². The second-order valence-corrected chi connectivity index (χ2v) is 7.40. The van der Waals surface area contributed by atoms with Gasteiger partial charge >= 0.3 is 6.18 Å². The summed E-state index contributed by atoms with van der Waals surface area (Å²) in [6.45, 7) is 0.0606. The third kappa shape index (κ3) is 3.73. The molecule has 0 aromatic carbocycles. The highest BCUT2D eigenvalue weighted by Crippen LogP contribution is 2.35. The molecule has 3 aromatic rings. The molecule has 0 N–H and O–H groups in total. The Morgan fingerprint density at radius 2 is 1.91 bits per heavy atom. The smallest absolute Gasteiger partial charge is 0.322 e. The standard InChI is InChI=1S/C13H7BrClF3N4S/c14-10-2-1-8(23-10)12-21-9(13(16,17)18)5-22(12)6-11-19-3-7(15)4-20-11/h1-5H,6H2. The Hall–Kier alpha value is -1.45. The monoisotopic (exact) mass is 422 g/mol. The lowest BCUT2D eigenvalue weighted by molar-refractivity contribution is -0.140. The fraction of sp³-hybridized carbons (Fsp3) is 0.154. The maximum Gasteiger partial charge on any atom is 0.434 e. The van der Waals surface area contributed by atoms with Crippen molar-refractivity contribution >= 4 is 38.9 Å². The molecule has 0 atom stereocenters. The van der Waals surface area contributed by atoms with Crippen molar-refractivity contribution in [3.63, 3.8) is 0 Å². The van der Waals surface area contributed by atoms with Gasteiger partial charge in [0.2, 0.25) is 0 Å². The Balaban J connectivity index is 2.03. The van der Waals surface area contributed by atoms with E-state index in [2.05, 4.69) is 30.9 Å². The topological polar surface area (TPSA) is 43.6 Å². The van der Waals surface area contributed by atoms with Crippen LogP contribution in [0.15, 0.2) is 34.5 Å². The van der Waals surface area contributed by atoms with Crippen LogP contribution in [0.2, 0.25) is 5.02 Å². The molecule has 0 radical (unpaired) electrons. The van der Waals surface area contributed by atoms with Crippen molar-refractivity contribution in [3.8, 4) is 10.7 Å². The molecule has 0 aliphatic rings. The molecule has 0 aliphatic carbocycles. The van der Waals surface area contributed by atoms with Gasteiger partial charge in [0.05, 0.1) is 20.2 Å². The van der Waals surface area contributed by atoms with Crippen LogP contribution in [0.3, 0.4) is 0 Å². The molecule has 3 rings (SSSR count). The van der Waals surface area contributed by atoms with E-state index in [9.17, 15) is 13.2 Å². The van der Waals surface area contributed by atoms with Gasteiger partial charge in [-0.25, -0.2) is 15.0 Å². The SMILES string of the molecule is FC(F)(F)c1cn(Cc2ncc(Cl)cn2)c(-c2ccc(Br)s2)n1. The van der Waals surface area contributed by atoms with Gasteiger partial charge < -0.3 is 4.57 Å². The van der Waals surface area contributed by atoms with Crippen LogP contribution in [-0.4, -0.2) is 19.5 Å². The van der Waals surface area contributed by atoms with Crippen molar-refractivity contribution in [2.45, 2.75) is 12.7 Å². The average molecular weight is 424 g/mol. The van der Waals surface area contributed by atoms with Crippen LogP contribution in [0.4, 0.5) is 13.2 Å². The molecule has 0 spiro atoms. The fourth-order valence-electron chi connectivity index (χ4n) is 1.88. The zero-order valence-electron chi connectivity index (χ0n) is 11.2. The molecule has 120 valence electrons. The van der Waals surface area contributed by atoms with Crippen molar-refractivity contribution in [3.05, 3.63) is 51.1 Å². The summed E-state index contributed by atoms with van der Waals surface area (Å²) in [6, 6.07) is 3.46. The molecule has 0 saturated carbocycles. The zero-order chi connectivity index (χ0) is 16.6. The highest BCUT2D eigenvalue weighted by Gasteiger charge is 2.35. The van der Waals surface area contributed by atoms with Crippen LogP contribution in [0, 0.1) is 0 Å². The minimum Gasteiger partial charge on any atom is -0.322 e. The summed E-state index contributed by atoms with van der Waals surface area (Å²) in [6.07, 6.45) is -0.768. The average Bonchev–Trinajstić information content (AvgIpc) is 3.07. The molecular weight excluding hydrogens is 417 g/mol.